The SMILES string of the molecule is CC(C)(C)OC(=O)Nc1cccc2ccoc12. The van der Waals surface area contributed by atoms with Crippen LogP contribution in [-0.2, 0) is 4.74 Å². The number of carbonyl (C=O) groups is 1. The van der Waals surface area contributed by atoms with Gasteiger partial charge in [-0.25, -0.2) is 4.79 Å². The Bertz CT molecular complexity index is 537. The van der Waals surface area contributed by atoms with Crippen LogP contribution in [0.2, 0.25) is 0 Å². The topological polar surface area (TPSA) is 51.5 Å². The Labute approximate surface area is 99.6 Å². The summed E-state index contributed by atoms with van der Waals surface area (Å²) in [5, 5.41) is 3.62. The normalized spacial score (nSPS) is 11.5. The summed E-state index contributed by atoms with van der Waals surface area (Å²) in [5.41, 5.74) is 0.751. The fourth-order valence-electron chi connectivity index (χ4n) is 1.51. The Balaban J connectivity index is 2.18. The molecule has 0 saturated carbocycles. The van der Waals surface area contributed by atoms with E-state index in [0.717, 1.165) is 5.39 Å². The minimum absolute atomic E-state index is 0.485. The minimum atomic E-state index is -0.513. The van der Waals surface area contributed by atoms with Crippen LogP contribution in [0.25, 0.3) is 11.0 Å². The van der Waals surface area contributed by atoms with Gasteiger partial charge >= 0.3 is 6.09 Å². The van der Waals surface area contributed by atoms with Gasteiger partial charge in [0.15, 0.2) is 5.58 Å². The molecule has 0 aliphatic carbocycles. The van der Waals surface area contributed by atoms with E-state index in [1.165, 1.54) is 0 Å². The Morgan fingerprint density at radius 3 is 2.76 bits per heavy atom. The number of furan rings is 1. The van der Waals surface area contributed by atoms with E-state index in [0.29, 0.717) is 11.3 Å². The number of fused-ring (bicyclic) bond motifs is 1. The monoisotopic (exact) mass is 233 g/mol. The molecule has 1 aromatic carbocycles. The first-order chi connectivity index (χ1) is 7.96. The molecule has 1 heterocycles. The molecule has 4 nitrogen and oxygen atoms in total. The third-order valence-corrected chi connectivity index (χ3v) is 2.11. The van der Waals surface area contributed by atoms with Gasteiger partial charge in [-0.1, -0.05) is 12.1 Å². The first-order valence-corrected chi connectivity index (χ1v) is 5.42. The van der Waals surface area contributed by atoms with Crippen molar-refractivity contribution in [1.82, 2.24) is 0 Å². The first-order valence-electron chi connectivity index (χ1n) is 5.42. The highest BCUT2D eigenvalue weighted by Crippen LogP contribution is 2.24. The maximum absolute atomic E-state index is 11.6. The molecule has 4 heteroatoms. The van der Waals surface area contributed by atoms with Crippen LogP contribution in [-0.4, -0.2) is 11.7 Å². The van der Waals surface area contributed by atoms with E-state index in [1.807, 2.05) is 39.0 Å². The Morgan fingerprint density at radius 1 is 1.29 bits per heavy atom. The maximum atomic E-state index is 11.6. The summed E-state index contributed by atoms with van der Waals surface area (Å²) in [5.74, 6) is 0. The molecule has 1 N–H and O–H groups in total. The van der Waals surface area contributed by atoms with Crippen molar-refractivity contribution >= 4 is 22.7 Å². The molecular formula is C13H15NO3. The molecule has 0 unspecified atom stereocenters. The number of para-hydroxylation sites is 1. The van der Waals surface area contributed by atoms with Crippen molar-refractivity contribution in [1.29, 1.82) is 0 Å². The summed E-state index contributed by atoms with van der Waals surface area (Å²) >= 11 is 0. The Morgan fingerprint density at radius 2 is 2.06 bits per heavy atom. The number of hydrogen-bond acceptors (Lipinski definition) is 3. The quantitative estimate of drug-likeness (QED) is 0.815. The lowest BCUT2D eigenvalue weighted by molar-refractivity contribution is 0.0636. The van der Waals surface area contributed by atoms with Crippen LogP contribution in [0.15, 0.2) is 34.9 Å². The molecule has 1 aromatic heterocycles. The van der Waals surface area contributed by atoms with Gasteiger partial charge < -0.3 is 9.15 Å². The summed E-state index contributed by atoms with van der Waals surface area (Å²) in [6.45, 7) is 5.46. The number of carbonyl (C=O) groups excluding carboxylic acids is 1. The van der Waals surface area contributed by atoms with Gasteiger partial charge in [0.25, 0.3) is 0 Å². The summed E-state index contributed by atoms with van der Waals surface area (Å²) < 4.78 is 10.5. The second-order valence-electron chi connectivity index (χ2n) is 4.77. The van der Waals surface area contributed by atoms with Crippen LogP contribution < -0.4 is 5.32 Å². The standard InChI is InChI=1S/C13H15NO3/c1-13(2,3)17-12(15)14-10-6-4-5-9-7-8-16-11(9)10/h4-8H,1-3H3,(H,14,15). The molecule has 0 atom stereocenters. The van der Waals surface area contributed by atoms with Gasteiger partial charge in [0.1, 0.15) is 5.60 Å². The molecule has 0 fully saturated rings. The Kier molecular flexibility index (Phi) is 2.79. The molecule has 0 bridgehead atoms. The van der Waals surface area contributed by atoms with Gasteiger partial charge in [-0.3, -0.25) is 5.32 Å². The molecule has 0 saturated heterocycles. The van der Waals surface area contributed by atoms with Crippen LogP contribution in [0, 0.1) is 0 Å². The smallest absolute Gasteiger partial charge is 0.412 e. The number of hydrogen-bond donors (Lipinski definition) is 1. The highest BCUT2D eigenvalue weighted by Gasteiger charge is 2.17. The van der Waals surface area contributed by atoms with E-state index in [-0.39, 0.29) is 0 Å². The van der Waals surface area contributed by atoms with E-state index >= 15 is 0 Å². The number of rotatable bonds is 1. The third-order valence-electron chi connectivity index (χ3n) is 2.11. The van der Waals surface area contributed by atoms with Crippen LogP contribution in [0.3, 0.4) is 0 Å². The minimum Gasteiger partial charge on any atom is -0.462 e. The summed E-state index contributed by atoms with van der Waals surface area (Å²) in [6, 6.07) is 7.38. The van der Waals surface area contributed by atoms with Crippen LogP contribution in [0.1, 0.15) is 20.8 Å². The second kappa shape index (κ2) is 4.13. The van der Waals surface area contributed by atoms with Crippen molar-refractivity contribution in [2.45, 2.75) is 26.4 Å². The van der Waals surface area contributed by atoms with Crippen molar-refractivity contribution in [2.75, 3.05) is 5.32 Å². The highest BCUT2D eigenvalue weighted by atomic mass is 16.6. The average Bonchev–Trinajstić information content (AvgIpc) is 2.63. The summed E-state index contributed by atoms with van der Waals surface area (Å²) in [7, 11) is 0. The largest absolute Gasteiger partial charge is 0.462 e. The molecule has 0 aliphatic rings. The van der Waals surface area contributed by atoms with Crippen molar-refractivity contribution in [3.05, 3.63) is 30.5 Å². The number of amides is 1. The molecule has 0 spiro atoms. The fourth-order valence-corrected chi connectivity index (χ4v) is 1.51. The zero-order valence-electron chi connectivity index (χ0n) is 10.1. The van der Waals surface area contributed by atoms with Gasteiger partial charge in [0, 0.05) is 5.39 Å². The van der Waals surface area contributed by atoms with Crippen molar-refractivity contribution in [2.24, 2.45) is 0 Å². The molecule has 17 heavy (non-hydrogen) atoms. The average molecular weight is 233 g/mol. The van der Waals surface area contributed by atoms with E-state index in [9.17, 15) is 4.79 Å². The lowest BCUT2D eigenvalue weighted by atomic mass is 10.2. The molecule has 2 aromatic rings. The zero-order chi connectivity index (χ0) is 12.5. The second-order valence-corrected chi connectivity index (χ2v) is 4.77. The maximum Gasteiger partial charge on any atom is 0.412 e. The van der Waals surface area contributed by atoms with Gasteiger partial charge in [0.05, 0.1) is 12.0 Å². The highest BCUT2D eigenvalue weighted by molar-refractivity contribution is 5.96. The summed E-state index contributed by atoms with van der Waals surface area (Å²) in [4.78, 5) is 11.6. The molecule has 2 rings (SSSR count). The van der Waals surface area contributed by atoms with Crippen LogP contribution in [0.4, 0.5) is 10.5 Å². The third kappa shape index (κ3) is 2.78. The number of anilines is 1. The summed E-state index contributed by atoms with van der Waals surface area (Å²) in [6.07, 6.45) is 1.10. The van der Waals surface area contributed by atoms with Gasteiger partial charge in [-0.05, 0) is 32.9 Å². The van der Waals surface area contributed by atoms with Gasteiger partial charge in [-0.15, -0.1) is 0 Å². The van der Waals surface area contributed by atoms with E-state index in [1.54, 1.807) is 12.3 Å². The van der Waals surface area contributed by atoms with E-state index < -0.39 is 11.7 Å². The predicted octanol–water partition coefficient (Wildman–Crippen LogP) is 3.78. The fraction of sp³-hybridized carbons (Fsp3) is 0.308. The van der Waals surface area contributed by atoms with Gasteiger partial charge in [0.2, 0.25) is 0 Å². The van der Waals surface area contributed by atoms with E-state index in [2.05, 4.69) is 5.32 Å². The number of benzene rings is 1. The van der Waals surface area contributed by atoms with Crippen LogP contribution in [0.5, 0.6) is 0 Å². The molecule has 90 valence electrons. The predicted molar refractivity (Wildman–Crippen MR) is 66.1 cm³/mol. The van der Waals surface area contributed by atoms with Crippen LogP contribution >= 0.6 is 0 Å². The molecule has 0 radical (unpaired) electrons. The molecule has 1 amide bonds. The van der Waals surface area contributed by atoms with Crippen molar-refractivity contribution in [3.63, 3.8) is 0 Å². The van der Waals surface area contributed by atoms with Crippen molar-refractivity contribution < 1.29 is 13.9 Å². The molecule has 0 aliphatic heterocycles. The Hall–Kier alpha value is -1.97. The van der Waals surface area contributed by atoms with Crippen molar-refractivity contribution in [3.8, 4) is 0 Å². The lowest BCUT2D eigenvalue weighted by Crippen LogP contribution is -2.27. The lowest BCUT2D eigenvalue weighted by Gasteiger charge is -2.19. The van der Waals surface area contributed by atoms with E-state index in [4.69, 9.17) is 9.15 Å². The first kappa shape index (κ1) is 11.5. The number of nitrogens with one attached hydrogen (secondary N) is 1. The van der Waals surface area contributed by atoms with Gasteiger partial charge in [-0.2, -0.15) is 0 Å². The zero-order valence-corrected chi connectivity index (χ0v) is 10.1. The number of ether oxygens (including phenoxy) is 1. The molecular weight excluding hydrogens is 218 g/mol.